The summed E-state index contributed by atoms with van der Waals surface area (Å²) in [5, 5.41) is 11.1. The first kappa shape index (κ1) is 15.7. The first-order valence-corrected chi connectivity index (χ1v) is 7.09. The third kappa shape index (κ3) is 3.14. The number of allylic oxidation sites excluding steroid dienone is 1. The summed E-state index contributed by atoms with van der Waals surface area (Å²) in [6, 6.07) is 3.83. The van der Waals surface area contributed by atoms with Crippen LogP contribution in [0, 0.1) is 19.3 Å². The van der Waals surface area contributed by atoms with Crippen molar-refractivity contribution in [3.05, 3.63) is 53.4 Å². The molecule has 0 spiro atoms. The van der Waals surface area contributed by atoms with E-state index in [1.165, 1.54) is 0 Å². The minimum Gasteiger partial charge on any atom is -0.396 e. The molecule has 0 bridgehead atoms. The maximum Gasteiger partial charge on any atom is 0.155 e. The molecular weight excluding hydrogens is 274 g/mol. The summed E-state index contributed by atoms with van der Waals surface area (Å²) >= 11 is 0. The minimum absolute atomic E-state index is 0.493. The highest BCUT2D eigenvalue weighted by molar-refractivity contribution is 5.97. The highest BCUT2D eigenvalue weighted by atomic mass is 15.1. The summed E-state index contributed by atoms with van der Waals surface area (Å²) in [6.45, 7) is 9.40. The number of aromatic nitrogens is 2. The second kappa shape index (κ2) is 6.39. The summed E-state index contributed by atoms with van der Waals surface area (Å²) in [4.78, 5) is 8.90. The normalized spacial score (nSPS) is 10.3. The van der Waals surface area contributed by atoms with Gasteiger partial charge >= 0.3 is 0 Å². The van der Waals surface area contributed by atoms with E-state index in [2.05, 4.69) is 21.9 Å². The molecule has 0 aliphatic rings. The number of hydrogen-bond acceptors (Lipinski definition) is 5. The van der Waals surface area contributed by atoms with E-state index < -0.39 is 0 Å². The molecule has 114 valence electrons. The molecule has 2 aromatic rings. The lowest BCUT2D eigenvalue weighted by atomic mass is 10.0. The van der Waals surface area contributed by atoms with Crippen molar-refractivity contribution in [2.75, 3.05) is 11.1 Å². The Bertz CT molecular complexity index is 734. The fourth-order valence-corrected chi connectivity index (χ4v) is 2.18. The second-order valence-electron chi connectivity index (χ2n) is 5.28. The van der Waals surface area contributed by atoms with Gasteiger partial charge in [0.2, 0.25) is 0 Å². The number of anilines is 3. The fourth-order valence-electron chi connectivity index (χ4n) is 2.18. The SMILES string of the molecule is C=CCc1nc(Nc2nccc(C)c2N)c(C)cc1C(C)=N. The standard InChI is InChI=1S/C17H21N5/c1-5-6-14-13(12(4)18)9-11(3)16(21-14)22-17-15(19)10(2)7-8-20-17/h5,7-9,18H,1,6,19H2,2-4H3,(H,20,21,22). The van der Waals surface area contributed by atoms with Crippen LogP contribution in [0.1, 0.15) is 29.3 Å². The number of aryl methyl sites for hydroxylation is 2. The second-order valence-corrected chi connectivity index (χ2v) is 5.28. The van der Waals surface area contributed by atoms with Gasteiger partial charge in [-0.15, -0.1) is 6.58 Å². The van der Waals surface area contributed by atoms with Crippen molar-refractivity contribution in [1.29, 1.82) is 5.41 Å². The zero-order valence-corrected chi connectivity index (χ0v) is 13.2. The number of pyridine rings is 2. The molecular formula is C17H21N5. The van der Waals surface area contributed by atoms with Crippen molar-refractivity contribution >= 4 is 23.0 Å². The van der Waals surface area contributed by atoms with Gasteiger partial charge in [-0.25, -0.2) is 9.97 Å². The maximum atomic E-state index is 7.88. The van der Waals surface area contributed by atoms with Crippen molar-refractivity contribution in [3.8, 4) is 0 Å². The molecule has 5 heteroatoms. The molecule has 0 amide bonds. The van der Waals surface area contributed by atoms with Gasteiger partial charge in [-0.05, 0) is 44.0 Å². The van der Waals surface area contributed by atoms with E-state index in [-0.39, 0.29) is 0 Å². The lowest BCUT2D eigenvalue weighted by Crippen LogP contribution is -2.08. The van der Waals surface area contributed by atoms with Crippen LogP contribution in [0.5, 0.6) is 0 Å². The Morgan fingerprint density at radius 1 is 1.36 bits per heavy atom. The highest BCUT2D eigenvalue weighted by Gasteiger charge is 2.12. The van der Waals surface area contributed by atoms with Gasteiger partial charge in [0, 0.05) is 23.9 Å². The molecule has 2 rings (SSSR count). The van der Waals surface area contributed by atoms with Crippen molar-refractivity contribution < 1.29 is 0 Å². The molecule has 0 atom stereocenters. The highest BCUT2D eigenvalue weighted by Crippen LogP contribution is 2.25. The van der Waals surface area contributed by atoms with E-state index in [9.17, 15) is 0 Å². The first-order valence-electron chi connectivity index (χ1n) is 7.09. The van der Waals surface area contributed by atoms with Crippen LogP contribution in [0.4, 0.5) is 17.3 Å². The van der Waals surface area contributed by atoms with Crippen LogP contribution in [0.25, 0.3) is 0 Å². The lowest BCUT2D eigenvalue weighted by Gasteiger charge is -2.15. The minimum atomic E-state index is 0.493. The Hall–Kier alpha value is -2.69. The molecule has 2 aromatic heterocycles. The van der Waals surface area contributed by atoms with E-state index in [4.69, 9.17) is 11.1 Å². The van der Waals surface area contributed by atoms with Crippen LogP contribution in [0.3, 0.4) is 0 Å². The average molecular weight is 295 g/mol. The predicted octanol–water partition coefficient (Wildman–Crippen LogP) is 3.54. The monoisotopic (exact) mass is 295 g/mol. The molecule has 0 aromatic carbocycles. The molecule has 0 unspecified atom stereocenters. The van der Waals surface area contributed by atoms with Gasteiger partial charge < -0.3 is 16.5 Å². The van der Waals surface area contributed by atoms with Gasteiger partial charge in [0.05, 0.1) is 11.4 Å². The molecule has 4 N–H and O–H groups in total. The van der Waals surface area contributed by atoms with E-state index in [1.807, 2.05) is 26.0 Å². The van der Waals surface area contributed by atoms with Crippen LogP contribution in [-0.2, 0) is 6.42 Å². The Morgan fingerprint density at radius 2 is 2.09 bits per heavy atom. The van der Waals surface area contributed by atoms with E-state index >= 15 is 0 Å². The fraction of sp³-hybridized carbons (Fsp3) is 0.235. The number of hydrogen-bond donors (Lipinski definition) is 3. The topological polar surface area (TPSA) is 87.7 Å². The molecule has 0 radical (unpaired) electrons. The zero-order chi connectivity index (χ0) is 16.3. The van der Waals surface area contributed by atoms with Gasteiger partial charge in [-0.2, -0.15) is 0 Å². The van der Waals surface area contributed by atoms with Crippen LogP contribution < -0.4 is 11.1 Å². The first-order chi connectivity index (χ1) is 10.4. The smallest absolute Gasteiger partial charge is 0.155 e. The van der Waals surface area contributed by atoms with Gasteiger partial charge in [-0.1, -0.05) is 6.08 Å². The van der Waals surface area contributed by atoms with Crippen molar-refractivity contribution in [2.24, 2.45) is 0 Å². The molecule has 0 saturated heterocycles. The van der Waals surface area contributed by atoms with Crippen LogP contribution in [-0.4, -0.2) is 15.7 Å². The Balaban J connectivity index is 2.47. The van der Waals surface area contributed by atoms with Crippen molar-refractivity contribution in [3.63, 3.8) is 0 Å². The van der Waals surface area contributed by atoms with Crippen molar-refractivity contribution in [2.45, 2.75) is 27.2 Å². The third-order valence-electron chi connectivity index (χ3n) is 3.48. The average Bonchev–Trinajstić information content (AvgIpc) is 2.47. The number of nitrogens with zero attached hydrogens (tertiary/aromatic N) is 2. The number of rotatable bonds is 5. The molecule has 0 saturated carbocycles. The van der Waals surface area contributed by atoms with Crippen LogP contribution >= 0.6 is 0 Å². The summed E-state index contributed by atoms with van der Waals surface area (Å²) in [6.07, 6.45) is 4.11. The predicted molar refractivity (Wildman–Crippen MR) is 92.0 cm³/mol. The molecule has 5 nitrogen and oxygen atoms in total. The molecule has 0 aliphatic heterocycles. The lowest BCUT2D eigenvalue weighted by molar-refractivity contribution is 1.08. The maximum absolute atomic E-state index is 7.88. The number of nitrogens with two attached hydrogens (primary N) is 1. The molecule has 22 heavy (non-hydrogen) atoms. The summed E-state index contributed by atoms with van der Waals surface area (Å²) in [5.74, 6) is 1.30. The van der Waals surface area contributed by atoms with E-state index in [0.717, 1.165) is 22.4 Å². The zero-order valence-electron chi connectivity index (χ0n) is 13.2. The van der Waals surface area contributed by atoms with Gasteiger partial charge in [0.1, 0.15) is 5.82 Å². The summed E-state index contributed by atoms with van der Waals surface area (Å²) in [5.41, 5.74) is 10.7. The van der Waals surface area contributed by atoms with Gasteiger partial charge in [-0.3, -0.25) is 0 Å². The largest absolute Gasteiger partial charge is 0.396 e. The van der Waals surface area contributed by atoms with Crippen LogP contribution in [0.15, 0.2) is 31.0 Å². The third-order valence-corrected chi connectivity index (χ3v) is 3.48. The summed E-state index contributed by atoms with van der Waals surface area (Å²) < 4.78 is 0. The van der Waals surface area contributed by atoms with Gasteiger partial charge in [0.15, 0.2) is 5.82 Å². The quantitative estimate of drug-likeness (QED) is 0.581. The number of nitrogen functional groups attached to an aromatic ring is 1. The number of nitrogens with one attached hydrogen (secondary N) is 2. The van der Waals surface area contributed by atoms with E-state index in [1.54, 1.807) is 19.2 Å². The molecule has 0 fully saturated rings. The summed E-state index contributed by atoms with van der Waals surface area (Å²) in [7, 11) is 0. The van der Waals surface area contributed by atoms with E-state index in [0.29, 0.717) is 29.5 Å². The van der Waals surface area contributed by atoms with Gasteiger partial charge in [0.25, 0.3) is 0 Å². The van der Waals surface area contributed by atoms with Crippen LogP contribution in [0.2, 0.25) is 0 Å². The molecule has 2 heterocycles. The van der Waals surface area contributed by atoms with Crippen molar-refractivity contribution in [1.82, 2.24) is 9.97 Å². The molecule has 0 aliphatic carbocycles. The Labute approximate surface area is 130 Å². The Morgan fingerprint density at radius 3 is 2.73 bits per heavy atom. The Kier molecular flexibility index (Phi) is 4.56.